The normalized spacial score (nSPS) is 17.2. The third-order valence-corrected chi connectivity index (χ3v) is 3.64. The van der Waals surface area contributed by atoms with Gasteiger partial charge in [0.15, 0.2) is 0 Å². The molecule has 0 bridgehead atoms. The van der Waals surface area contributed by atoms with Crippen LogP contribution in [0.15, 0.2) is 16.7 Å². The number of hydrogen-bond donors (Lipinski definition) is 0. The van der Waals surface area contributed by atoms with E-state index in [4.69, 9.17) is 10.00 Å². The zero-order chi connectivity index (χ0) is 17.0. The second-order valence-electron chi connectivity index (χ2n) is 6.34. The zero-order valence-electron chi connectivity index (χ0n) is 13.4. The molecule has 1 aromatic rings. The van der Waals surface area contributed by atoms with Gasteiger partial charge in [0.2, 0.25) is 0 Å². The summed E-state index contributed by atoms with van der Waals surface area (Å²) >= 11 is 3.28. The number of rotatable bonds is 0. The molecule has 2 heterocycles. The Balaban J connectivity index is 2.02. The highest BCUT2D eigenvalue weighted by Gasteiger charge is 2.28. The first-order valence-electron chi connectivity index (χ1n) is 7.33. The van der Waals surface area contributed by atoms with Crippen molar-refractivity contribution in [3.8, 4) is 17.9 Å². The van der Waals surface area contributed by atoms with Gasteiger partial charge in [0, 0.05) is 29.7 Å². The number of halogens is 1. The molecule has 1 amide bonds. The molecule has 23 heavy (non-hydrogen) atoms. The van der Waals surface area contributed by atoms with Gasteiger partial charge in [-0.2, -0.15) is 5.26 Å². The van der Waals surface area contributed by atoms with Crippen molar-refractivity contribution in [2.24, 2.45) is 5.92 Å². The van der Waals surface area contributed by atoms with Crippen LogP contribution in [0.2, 0.25) is 0 Å². The summed E-state index contributed by atoms with van der Waals surface area (Å²) in [4.78, 5) is 17.8. The highest BCUT2D eigenvalue weighted by Crippen LogP contribution is 2.19. The zero-order valence-corrected chi connectivity index (χ0v) is 15.0. The van der Waals surface area contributed by atoms with Crippen LogP contribution < -0.4 is 0 Å². The highest BCUT2D eigenvalue weighted by atomic mass is 79.9. The number of nitrogens with zero attached hydrogens (tertiary/aromatic N) is 3. The molecule has 1 fully saturated rings. The number of hydrogen-bond acceptors (Lipinski definition) is 4. The summed E-state index contributed by atoms with van der Waals surface area (Å²) in [5.74, 6) is 6.14. The molecule has 120 valence electrons. The molecule has 0 N–H and O–H groups in total. The molecule has 0 saturated carbocycles. The summed E-state index contributed by atoms with van der Waals surface area (Å²) in [7, 11) is 0. The van der Waals surface area contributed by atoms with Gasteiger partial charge in [-0.05, 0) is 55.1 Å². The summed E-state index contributed by atoms with van der Waals surface area (Å²) in [6, 6.07) is 3.78. The first kappa shape index (κ1) is 17.3. The van der Waals surface area contributed by atoms with Crippen molar-refractivity contribution in [1.29, 1.82) is 5.26 Å². The Hall–Kier alpha value is -2.05. The predicted molar refractivity (Wildman–Crippen MR) is 89.4 cm³/mol. The van der Waals surface area contributed by atoms with Crippen LogP contribution in [0.5, 0.6) is 0 Å². The van der Waals surface area contributed by atoms with E-state index in [1.165, 1.54) is 0 Å². The van der Waals surface area contributed by atoms with Crippen LogP contribution in [-0.4, -0.2) is 34.7 Å². The minimum atomic E-state index is -0.496. The molecule has 2 rings (SSSR count). The number of ether oxygens (including phenoxy) is 1. The van der Waals surface area contributed by atoms with Crippen LogP contribution in [0.4, 0.5) is 4.79 Å². The van der Waals surface area contributed by atoms with E-state index in [0.717, 1.165) is 10.9 Å². The van der Waals surface area contributed by atoms with Crippen molar-refractivity contribution in [2.75, 3.05) is 13.1 Å². The Morgan fingerprint density at radius 2 is 2.26 bits per heavy atom. The Morgan fingerprint density at radius 3 is 2.91 bits per heavy atom. The number of pyridine rings is 1. The average molecular weight is 376 g/mol. The minimum absolute atomic E-state index is 0.0690. The fraction of sp³-hybridized carbons (Fsp3) is 0.471. The predicted octanol–water partition coefficient (Wildman–Crippen LogP) is 3.32. The second-order valence-corrected chi connectivity index (χ2v) is 7.26. The van der Waals surface area contributed by atoms with E-state index < -0.39 is 5.60 Å². The van der Waals surface area contributed by atoms with E-state index in [9.17, 15) is 4.79 Å². The van der Waals surface area contributed by atoms with Crippen LogP contribution in [0.25, 0.3) is 0 Å². The Kier molecular flexibility index (Phi) is 5.28. The van der Waals surface area contributed by atoms with Crippen molar-refractivity contribution < 1.29 is 9.53 Å². The number of nitriles is 1. The first-order chi connectivity index (χ1) is 10.8. The summed E-state index contributed by atoms with van der Waals surface area (Å²) in [6.45, 7) is 6.72. The molecule has 1 aliphatic rings. The van der Waals surface area contributed by atoms with Crippen molar-refractivity contribution in [3.05, 3.63) is 28.0 Å². The molecule has 0 radical (unpaired) electrons. The largest absolute Gasteiger partial charge is 0.444 e. The molecule has 1 atom stereocenters. The molecule has 6 heteroatoms. The van der Waals surface area contributed by atoms with Gasteiger partial charge >= 0.3 is 6.09 Å². The van der Waals surface area contributed by atoms with Gasteiger partial charge in [-0.25, -0.2) is 9.78 Å². The maximum Gasteiger partial charge on any atom is 0.410 e. The Morgan fingerprint density at radius 1 is 1.52 bits per heavy atom. The SMILES string of the molecule is CC(C)(C)OC(=O)N1CCC(C#Cc2ncc(Br)cc2C#N)C1. The summed E-state index contributed by atoms with van der Waals surface area (Å²) < 4.78 is 6.11. The number of likely N-dealkylation sites (tertiary alicyclic amines) is 1. The molecule has 0 aromatic carbocycles. The quantitative estimate of drug-likeness (QED) is 0.652. The third kappa shape index (κ3) is 4.97. The van der Waals surface area contributed by atoms with Crippen LogP contribution >= 0.6 is 15.9 Å². The number of aromatic nitrogens is 1. The average Bonchev–Trinajstić information content (AvgIpc) is 2.93. The standard InChI is InChI=1S/C17H18BrN3O2/c1-17(2,3)23-16(22)21-7-6-12(11-21)4-5-15-13(9-19)8-14(18)10-20-15/h8,10,12H,6-7,11H2,1-3H3. The smallest absolute Gasteiger partial charge is 0.410 e. The van der Waals surface area contributed by atoms with Crippen LogP contribution in [0, 0.1) is 29.1 Å². The van der Waals surface area contributed by atoms with E-state index in [1.54, 1.807) is 17.2 Å². The Bertz CT molecular complexity index is 707. The lowest BCUT2D eigenvalue weighted by Crippen LogP contribution is -2.35. The van der Waals surface area contributed by atoms with Gasteiger partial charge in [-0.15, -0.1) is 0 Å². The van der Waals surface area contributed by atoms with Gasteiger partial charge in [-0.1, -0.05) is 5.92 Å². The molecule has 1 saturated heterocycles. The fourth-order valence-electron chi connectivity index (χ4n) is 2.16. The molecule has 0 spiro atoms. The summed E-state index contributed by atoms with van der Waals surface area (Å²) in [6.07, 6.45) is 2.11. The van der Waals surface area contributed by atoms with Crippen molar-refractivity contribution >= 4 is 22.0 Å². The van der Waals surface area contributed by atoms with E-state index >= 15 is 0 Å². The van der Waals surface area contributed by atoms with Crippen molar-refractivity contribution in [3.63, 3.8) is 0 Å². The van der Waals surface area contributed by atoms with Gasteiger partial charge in [0.05, 0.1) is 5.56 Å². The Labute approximate surface area is 144 Å². The van der Waals surface area contributed by atoms with Crippen LogP contribution in [-0.2, 0) is 4.74 Å². The maximum absolute atomic E-state index is 12.0. The van der Waals surface area contributed by atoms with Gasteiger partial charge in [0.1, 0.15) is 17.4 Å². The molecule has 1 aromatic heterocycles. The van der Waals surface area contributed by atoms with Gasteiger partial charge < -0.3 is 9.64 Å². The lowest BCUT2D eigenvalue weighted by molar-refractivity contribution is 0.0291. The molecule has 1 unspecified atom stereocenters. The summed E-state index contributed by atoms with van der Waals surface area (Å²) in [5.41, 5.74) is 0.407. The number of carbonyl (C=O) groups excluding carboxylic acids is 1. The fourth-order valence-corrected chi connectivity index (χ4v) is 2.50. The topological polar surface area (TPSA) is 66.2 Å². The molecule has 5 nitrogen and oxygen atoms in total. The number of amides is 1. The van der Waals surface area contributed by atoms with Gasteiger partial charge in [0.25, 0.3) is 0 Å². The third-order valence-electron chi connectivity index (χ3n) is 3.21. The van der Waals surface area contributed by atoms with E-state index in [1.807, 2.05) is 20.8 Å². The van der Waals surface area contributed by atoms with Crippen LogP contribution in [0.1, 0.15) is 38.4 Å². The first-order valence-corrected chi connectivity index (χ1v) is 8.13. The lowest BCUT2D eigenvalue weighted by atomic mass is 10.1. The molecule has 1 aliphatic heterocycles. The second kappa shape index (κ2) is 7.02. The highest BCUT2D eigenvalue weighted by molar-refractivity contribution is 9.10. The van der Waals surface area contributed by atoms with Gasteiger partial charge in [-0.3, -0.25) is 0 Å². The van der Waals surface area contributed by atoms with Crippen molar-refractivity contribution in [1.82, 2.24) is 9.88 Å². The lowest BCUT2D eigenvalue weighted by Gasteiger charge is -2.24. The maximum atomic E-state index is 12.0. The van der Waals surface area contributed by atoms with Crippen LogP contribution in [0.3, 0.4) is 0 Å². The number of carbonyl (C=O) groups is 1. The van der Waals surface area contributed by atoms with E-state index in [-0.39, 0.29) is 12.0 Å². The van der Waals surface area contributed by atoms with E-state index in [0.29, 0.717) is 24.3 Å². The van der Waals surface area contributed by atoms with Crippen molar-refractivity contribution in [2.45, 2.75) is 32.8 Å². The molecular weight excluding hydrogens is 358 g/mol. The molecule has 0 aliphatic carbocycles. The monoisotopic (exact) mass is 375 g/mol. The summed E-state index contributed by atoms with van der Waals surface area (Å²) in [5, 5.41) is 9.11. The minimum Gasteiger partial charge on any atom is -0.444 e. The molecular formula is C17H18BrN3O2. The van der Waals surface area contributed by atoms with E-state index in [2.05, 4.69) is 38.8 Å².